The fraction of sp³-hybridized carbons (Fsp3) is 0.0435. The molecule has 9 heteroatoms. The minimum atomic E-state index is -0.436. The third-order valence-corrected chi connectivity index (χ3v) is 6.32. The first-order chi connectivity index (χ1) is 15.4. The average molecular weight is 642 g/mol. The van der Waals surface area contributed by atoms with Gasteiger partial charge in [-0.15, -0.1) is 0 Å². The number of halogens is 4. The number of nitrogens with one attached hydrogen (secondary N) is 1. The zero-order valence-corrected chi connectivity index (χ0v) is 21.8. The van der Waals surface area contributed by atoms with Gasteiger partial charge in [0, 0.05) is 14.9 Å². The van der Waals surface area contributed by atoms with Gasteiger partial charge < -0.3 is 9.15 Å². The van der Waals surface area contributed by atoms with Crippen molar-refractivity contribution in [2.45, 2.75) is 6.61 Å². The topological polar surface area (TPSA) is 63.8 Å². The molecule has 0 saturated carbocycles. The zero-order valence-electron chi connectivity index (χ0n) is 16.2. The van der Waals surface area contributed by atoms with Gasteiger partial charge in [-0.1, -0.05) is 39.7 Å². The maximum Gasteiger partial charge on any atom is 0.307 e. The number of hydrogen-bond donors (Lipinski definition) is 1. The number of carbonyl (C=O) groups excluding carboxylic acids is 1. The van der Waals surface area contributed by atoms with Crippen LogP contribution in [0.25, 0.3) is 11.0 Å². The van der Waals surface area contributed by atoms with Gasteiger partial charge in [-0.3, -0.25) is 4.79 Å². The van der Waals surface area contributed by atoms with Crippen LogP contribution in [-0.2, 0) is 6.61 Å². The molecule has 4 aromatic rings. The zero-order chi connectivity index (χ0) is 22.7. The van der Waals surface area contributed by atoms with Crippen molar-refractivity contribution in [3.8, 4) is 5.75 Å². The highest BCUT2D eigenvalue weighted by Gasteiger charge is 2.12. The standard InChI is InChI=1S/C23H14Br3ClN2O3/c24-16-3-6-20-15(9-16)10-21(32-20)23(30)29-28-11-14-7-18(25)22(19(26)8-14)31-12-13-1-4-17(27)5-2-13/h1-11H,12H2,(H,29,30)/b28-11+. The van der Waals surface area contributed by atoms with Crippen molar-refractivity contribution in [2.24, 2.45) is 5.10 Å². The third-order valence-electron chi connectivity index (χ3n) is 4.40. The second kappa shape index (κ2) is 10.2. The van der Waals surface area contributed by atoms with E-state index < -0.39 is 5.91 Å². The molecule has 1 heterocycles. The van der Waals surface area contributed by atoms with E-state index in [1.54, 1.807) is 12.1 Å². The molecule has 0 atom stereocenters. The van der Waals surface area contributed by atoms with Gasteiger partial charge in [0.05, 0.1) is 15.2 Å². The lowest BCUT2D eigenvalue weighted by Crippen LogP contribution is -2.16. The van der Waals surface area contributed by atoms with E-state index in [2.05, 4.69) is 58.3 Å². The van der Waals surface area contributed by atoms with Crippen LogP contribution >= 0.6 is 59.4 Å². The van der Waals surface area contributed by atoms with Crippen LogP contribution in [0.4, 0.5) is 0 Å². The van der Waals surface area contributed by atoms with Crippen LogP contribution in [0.3, 0.4) is 0 Å². The minimum absolute atomic E-state index is 0.184. The van der Waals surface area contributed by atoms with Gasteiger partial charge >= 0.3 is 5.91 Å². The molecule has 1 amide bonds. The molecule has 0 fully saturated rings. The second-order valence-corrected chi connectivity index (χ2v) is 9.78. The Balaban J connectivity index is 1.41. The molecule has 0 aliphatic carbocycles. The molecule has 0 unspecified atom stereocenters. The first kappa shape index (κ1) is 23.0. The maximum atomic E-state index is 12.3. The number of amides is 1. The quantitative estimate of drug-likeness (QED) is 0.173. The molecule has 162 valence electrons. The van der Waals surface area contributed by atoms with Gasteiger partial charge in [-0.25, -0.2) is 5.43 Å². The van der Waals surface area contributed by atoms with Crippen LogP contribution in [0.1, 0.15) is 21.7 Å². The van der Waals surface area contributed by atoms with Crippen LogP contribution in [0.5, 0.6) is 5.75 Å². The van der Waals surface area contributed by atoms with E-state index in [0.29, 0.717) is 23.0 Å². The molecular weight excluding hydrogens is 627 g/mol. The molecular formula is C23H14Br3ClN2O3. The summed E-state index contributed by atoms with van der Waals surface area (Å²) in [6.45, 7) is 0.395. The largest absolute Gasteiger partial charge is 0.487 e. The molecule has 4 rings (SSSR count). The van der Waals surface area contributed by atoms with Gasteiger partial charge in [-0.2, -0.15) is 5.10 Å². The lowest BCUT2D eigenvalue weighted by molar-refractivity contribution is 0.0929. The summed E-state index contributed by atoms with van der Waals surface area (Å²) in [5, 5.41) is 5.54. The summed E-state index contributed by atoms with van der Waals surface area (Å²) >= 11 is 16.4. The lowest BCUT2D eigenvalue weighted by Gasteiger charge is -2.11. The van der Waals surface area contributed by atoms with Crippen LogP contribution in [0.2, 0.25) is 5.02 Å². The highest BCUT2D eigenvalue weighted by atomic mass is 79.9. The Bertz CT molecular complexity index is 1300. The summed E-state index contributed by atoms with van der Waals surface area (Å²) in [7, 11) is 0. The summed E-state index contributed by atoms with van der Waals surface area (Å²) in [5.74, 6) is 0.410. The molecule has 0 saturated heterocycles. The first-order valence-electron chi connectivity index (χ1n) is 9.28. The van der Waals surface area contributed by atoms with E-state index in [9.17, 15) is 4.79 Å². The van der Waals surface area contributed by atoms with Crippen molar-refractivity contribution < 1.29 is 13.9 Å². The predicted molar refractivity (Wildman–Crippen MR) is 137 cm³/mol. The first-order valence-corrected chi connectivity index (χ1v) is 12.0. The number of fused-ring (bicyclic) bond motifs is 1. The molecule has 0 aliphatic rings. The number of carbonyl (C=O) groups is 1. The normalized spacial score (nSPS) is 11.2. The van der Waals surface area contributed by atoms with Crippen molar-refractivity contribution in [1.82, 2.24) is 5.43 Å². The molecule has 1 aromatic heterocycles. The molecule has 5 nitrogen and oxygen atoms in total. The van der Waals surface area contributed by atoms with Gasteiger partial charge in [0.2, 0.25) is 0 Å². The average Bonchev–Trinajstić information content (AvgIpc) is 3.18. The third kappa shape index (κ3) is 5.61. The number of rotatable bonds is 6. The molecule has 32 heavy (non-hydrogen) atoms. The Morgan fingerprint density at radius 3 is 2.47 bits per heavy atom. The van der Waals surface area contributed by atoms with Gasteiger partial charge in [-0.05, 0) is 91.5 Å². The molecule has 0 bridgehead atoms. The number of furan rings is 1. The molecule has 1 N–H and O–H groups in total. The number of nitrogens with zero attached hydrogens (tertiary/aromatic N) is 1. The van der Waals surface area contributed by atoms with Gasteiger partial charge in [0.1, 0.15) is 17.9 Å². The summed E-state index contributed by atoms with van der Waals surface area (Å²) in [6.07, 6.45) is 1.54. The van der Waals surface area contributed by atoms with Crippen LogP contribution in [0.15, 0.2) is 83.6 Å². The van der Waals surface area contributed by atoms with Gasteiger partial charge in [0.25, 0.3) is 0 Å². The summed E-state index contributed by atoms with van der Waals surface area (Å²) < 4.78 is 13.9. The van der Waals surface area contributed by atoms with Crippen LogP contribution in [-0.4, -0.2) is 12.1 Å². The van der Waals surface area contributed by atoms with E-state index in [4.69, 9.17) is 20.8 Å². The SMILES string of the molecule is O=C(N/N=C/c1cc(Br)c(OCc2ccc(Cl)cc2)c(Br)c1)c1cc2cc(Br)ccc2o1. The summed E-state index contributed by atoms with van der Waals surface area (Å²) in [6, 6.07) is 18.4. The van der Waals surface area contributed by atoms with Crippen molar-refractivity contribution >= 4 is 82.5 Å². The number of ether oxygens (including phenoxy) is 1. The van der Waals surface area contributed by atoms with Crippen LogP contribution in [0, 0.1) is 0 Å². The van der Waals surface area contributed by atoms with Gasteiger partial charge in [0.15, 0.2) is 5.76 Å². The van der Waals surface area contributed by atoms with Crippen molar-refractivity contribution in [1.29, 1.82) is 0 Å². The smallest absolute Gasteiger partial charge is 0.307 e. The Morgan fingerprint density at radius 2 is 1.75 bits per heavy atom. The molecule has 0 spiro atoms. The summed E-state index contributed by atoms with van der Waals surface area (Å²) in [4.78, 5) is 12.3. The Morgan fingerprint density at radius 1 is 1.03 bits per heavy atom. The minimum Gasteiger partial charge on any atom is -0.487 e. The van der Waals surface area contributed by atoms with E-state index in [1.807, 2.05) is 48.5 Å². The Kier molecular flexibility index (Phi) is 7.35. The molecule has 0 radical (unpaired) electrons. The van der Waals surface area contributed by atoms with E-state index in [0.717, 1.165) is 29.9 Å². The van der Waals surface area contributed by atoms with E-state index in [-0.39, 0.29) is 5.76 Å². The highest BCUT2D eigenvalue weighted by molar-refractivity contribution is 9.11. The predicted octanol–water partition coefficient (Wildman–Crippen LogP) is 7.72. The fourth-order valence-electron chi connectivity index (χ4n) is 2.87. The highest BCUT2D eigenvalue weighted by Crippen LogP contribution is 2.35. The maximum absolute atomic E-state index is 12.3. The Labute approximate surface area is 214 Å². The summed E-state index contributed by atoms with van der Waals surface area (Å²) in [5.41, 5.74) is 4.87. The van der Waals surface area contributed by atoms with Crippen molar-refractivity contribution in [3.05, 3.63) is 96.0 Å². The van der Waals surface area contributed by atoms with E-state index in [1.165, 1.54) is 6.21 Å². The second-order valence-electron chi connectivity index (χ2n) is 6.72. The lowest BCUT2D eigenvalue weighted by atomic mass is 10.2. The van der Waals surface area contributed by atoms with Crippen molar-refractivity contribution in [3.63, 3.8) is 0 Å². The Hall–Kier alpha value is -2.13. The number of hydrazone groups is 1. The monoisotopic (exact) mass is 638 g/mol. The molecule has 0 aliphatic heterocycles. The number of benzene rings is 3. The number of hydrogen-bond acceptors (Lipinski definition) is 4. The van der Waals surface area contributed by atoms with Crippen molar-refractivity contribution in [2.75, 3.05) is 0 Å². The fourth-order valence-corrected chi connectivity index (χ4v) is 4.83. The van der Waals surface area contributed by atoms with E-state index >= 15 is 0 Å². The molecule has 3 aromatic carbocycles. The van der Waals surface area contributed by atoms with Crippen LogP contribution < -0.4 is 10.2 Å².